The molecular weight excluding hydrogens is 199 g/mol. The molecule has 0 rings (SSSR count). The Bertz CT molecular complexity index is 99.2. The van der Waals surface area contributed by atoms with Crippen LogP contribution in [0.2, 0.25) is 0 Å². The van der Waals surface area contributed by atoms with Gasteiger partial charge in [-0.1, -0.05) is 6.92 Å². The maximum Gasteiger partial charge on any atom is 0.0678 e. The zero-order chi connectivity index (χ0) is 9.56. The van der Waals surface area contributed by atoms with Crippen LogP contribution in [0.25, 0.3) is 0 Å². The van der Waals surface area contributed by atoms with Gasteiger partial charge in [0.15, 0.2) is 0 Å². The Morgan fingerprint density at radius 2 is 1.33 bits per heavy atom. The van der Waals surface area contributed by atoms with Gasteiger partial charge in [0.1, 0.15) is 0 Å². The maximum atomic E-state index is 9.17. The summed E-state index contributed by atoms with van der Waals surface area (Å²) in [4.78, 5) is 0. The minimum atomic E-state index is -0.468. The largest absolute Gasteiger partial charge is 0.392 e. The van der Waals surface area contributed by atoms with E-state index in [4.69, 9.17) is 33.4 Å². The van der Waals surface area contributed by atoms with Crippen LogP contribution in [0, 0.1) is 5.92 Å². The van der Waals surface area contributed by atoms with E-state index in [-0.39, 0.29) is 17.7 Å². The molecular formula is C8H16Cl2O2. The van der Waals surface area contributed by atoms with E-state index < -0.39 is 12.2 Å². The Kier molecular flexibility index (Phi) is 7.25. The topological polar surface area (TPSA) is 40.5 Å². The lowest BCUT2D eigenvalue weighted by Gasteiger charge is -2.16. The van der Waals surface area contributed by atoms with Crippen LogP contribution < -0.4 is 0 Å². The lowest BCUT2D eigenvalue weighted by molar-refractivity contribution is 0.129. The molecule has 12 heavy (non-hydrogen) atoms. The number of hydrogen-bond acceptors (Lipinski definition) is 2. The van der Waals surface area contributed by atoms with Crippen molar-refractivity contribution in [2.45, 2.75) is 32.0 Å². The highest BCUT2D eigenvalue weighted by atomic mass is 35.5. The summed E-state index contributed by atoms with van der Waals surface area (Å²) in [7, 11) is 0. The Morgan fingerprint density at radius 1 is 1.00 bits per heavy atom. The molecule has 4 heteroatoms. The highest BCUT2D eigenvalue weighted by Crippen LogP contribution is 2.14. The average Bonchev–Trinajstić information content (AvgIpc) is 2.03. The van der Waals surface area contributed by atoms with Crippen molar-refractivity contribution in [3.05, 3.63) is 0 Å². The standard InChI is InChI=1S/C8H16Cl2O2/c1-6(2-7(11)4-9)3-8(12)5-10/h6-8,11-12H,2-5H2,1H3. The Morgan fingerprint density at radius 3 is 1.58 bits per heavy atom. The van der Waals surface area contributed by atoms with Gasteiger partial charge in [0.2, 0.25) is 0 Å². The Balaban J connectivity index is 3.51. The van der Waals surface area contributed by atoms with Crippen LogP contribution in [0.5, 0.6) is 0 Å². The summed E-state index contributed by atoms with van der Waals surface area (Å²) in [6.45, 7) is 1.96. The summed E-state index contributed by atoms with van der Waals surface area (Å²) < 4.78 is 0. The van der Waals surface area contributed by atoms with Crippen molar-refractivity contribution < 1.29 is 10.2 Å². The molecule has 0 aliphatic heterocycles. The van der Waals surface area contributed by atoms with Crippen molar-refractivity contribution in [1.82, 2.24) is 0 Å². The highest BCUT2D eigenvalue weighted by molar-refractivity contribution is 6.18. The van der Waals surface area contributed by atoms with E-state index >= 15 is 0 Å². The van der Waals surface area contributed by atoms with E-state index in [2.05, 4.69) is 0 Å². The summed E-state index contributed by atoms with van der Waals surface area (Å²) in [5.41, 5.74) is 0. The van der Waals surface area contributed by atoms with Gasteiger partial charge in [-0.15, -0.1) is 23.2 Å². The molecule has 2 N–H and O–H groups in total. The number of rotatable bonds is 6. The first-order chi connectivity index (χ1) is 5.60. The van der Waals surface area contributed by atoms with Crippen LogP contribution in [-0.4, -0.2) is 34.2 Å². The van der Waals surface area contributed by atoms with Crippen molar-refractivity contribution in [2.24, 2.45) is 5.92 Å². The molecule has 2 nitrogen and oxygen atoms in total. The molecule has 0 bridgehead atoms. The predicted octanol–water partition coefficient (Wildman–Crippen LogP) is 1.60. The van der Waals surface area contributed by atoms with Crippen LogP contribution in [0.1, 0.15) is 19.8 Å². The number of hydrogen-bond donors (Lipinski definition) is 2. The molecule has 0 aliphatic rings. The Hall–Kier alpha value is 0.500. The van der Waals surface area contributed by atoms with Gasteiger partial charge in [0, 0.05) is 11.8 Å². The first-order valence-electron chi connectivity index (χ1n) is 4.08. The number of aliphatic hydroxyl groups is 2. The molecule has 0 aromatic carbocycles. The molecule has 2 unspecified atom stereocenters. The third kappa shape index (κ3) is 6.06. The minimum Gasteiger partial charge on any atom is -0.392 e. The molecule has 0 aliphatic carbocycles. The van der Waals surface area contributed by atoms with Crippen molar-refractivity contribution in [3.8, 4) is 0 Å². The summed E-state index contributed by atoms with van der Waals surface area (Å²) in [5.74, 6) is 0.760. The average molecular weight is 215 g/mol. The fourth-order valence-corrected chi connectivity index (χ4v) is 1.40. The smallest absolute Gasteiger partial charge is 0.0678 e. The molecule has 0 aromatic heterocycles. The van der Waals surface area contributed by atoms with E-state index in [1.165, 1.54) is 0 Å². The second kappa shape index (κ2) is 6.96. The molecule has 74 valence electrons. The van der Waals surface area contributed by atoms with Gasteiger partial charge in [-0.25, -0.2) is 0 Å². The van der Waals surface area contributed by atoms with Crippen molar-refractivity contribution >= 4 is 23.2 Å². The summed E-state index contributed by atoms with van der Waals surface area (Å²) in [5, 5.41) is 18.3. The zero-order valence-electron chi connectivity index (χ0n) is 7.21. The van der Waals surface area contributed by atoms with Gasteiger partial charge in [0.25, 0.3) is 0 Å². The van der Waals surface area contributed by atoms with Gasteiger partial charge >= 0.3 is 0 Å². The summed E-state index contributed by atoms with van der Waals surface area (Å²) in [6.07, 6.45) is 0.308. The van der Waals surface area contributed by atoms with Crippen molar-refractivity contribution in [2.75, 3.05) is 11.8 Å². The van der Waals surface area contributed by atoms with Crippen molar-refractivity contribution in [1.29, 1.82) is 0 Å². The summed E-state index contributed by atoms with van der Waals surface area (Å²) in [6, 6.07) is 0. The maximum absolute atomic E-state index is 9.17. The third-order valence-corrected chi connectivity index (χ3v) is 2.42. The van der Waals surface area contributed by atoms with E-state index in [0.29, 0.717) is 12.8 Å². The molecule has 2 atom stereocenters. The van der Waals surface area contributed by atoms with Gasteiger partial charge in [-0.05, 0) is 18.8 Å². The van der Waals surface area contributed by atoms with Crippen LogP contribution in [0.3, 0.4) is 0 Å². The second-order valence-corrected chi connectivity index (χ2v) is 3.81. The first kappa shape index (κ1) is 12.5. The number of alkyl halides is 2. The van der Waals surface area contributed by atoms with Gasteiger partial charge in [-0.2, -0.15) is 0 Å². The second-order valence-electron chi connectivity index (χ2n) is 3.19. The fraction of sp³-hybridized carbons (Fsp3) is 1.00. The molecule has 0 amide bonds. The van der Waals surface area contributed by atoms with E-state index in [0.717, 1.165) is 0 Å². The van der Waals surface area contributed by atoms with Crippen molar-refractivity contribution in [3.63, 3.8) is 0 Å². The van der Waals surface area contributed by atoms with Crippen LogP contribution in [0.4, 0.5) is 0 Å². The molecule has 0 spiro atoms. The van der Waals surface area contributed by atoms with E-state index in [1.54, 1.807) is 0 Å². The molecule has 0 fully saturated rings. The fourth-order valence-electron chi connectivity index (χ4n) is 1.15. The molecule has 0 heterocycles. The Labute approximate surface area is 83.5 Å². The third-order valence-electron chi connectivity index (χ3n) is 1.71. The van der Waals surface area contributed by atoms with E-state index in [9.17, 15) is 0 Å². The first-order valence-corrected chi connectivity index (χ1v) is 5.15. The summed E-state index contributed by atoms with van der Waals surface area (Å²) >= 11 is 10.9. The SMILES string of the molecule is CC(CC(O)CCl)CC(O)CCl. The monoisotopic (exact) mass is 214 g/mol. The van der Waals surface area contributed by atoms with Gasteiger partial charge < -0.3 is 10.2 Å². The molecule has 0 saturated heterocycles. The van der Waals surface area contributed by atoms with Gasteiger partial charge in [-0.3, -0.25) is 0 Å². The molecule has 0 aromatic rings. The van der Waals surface area contributed by atoms with Gasteiger partial charge in [0.05, 0.1) is 12.2 Å². The van der Waals surface area contributed by atoms with E-state index in [1.807, 2.05) is 6.92 Å². The quantitative estimate of drug-likeness (QED) is 0.660. The molecule has 0 radical (unpaired) electrons. The molecule has 0 saturated carbocycles. The minimum absolute atomic E-state index is 0.251. The zero-order valence-corrected chi connectivity index (χ0v) is 8.72. The number of aliphatic hydroxyl groups excluding tert-OH is 2. The van der Waals surface area contributed by atoms with Crippen LogP contribution in [-0.2, 0) is 0 Å². The lowest BCUT2D eigenvalue weighted by Crippen LogP contribution is -2.18. The lowest BCUT2D eigenvalue weighted by atomic mass is 9.98. The number of halogens is 2. The normalized spacial score (nSPS) is 18.8. The van der Waals surface area contributed by atoms with Crippen LogP contribution >= 0.6 is 23.2 Å². The predicted molar refractivity (Wildman–Crippen MR) is 51.9 cm³/mol. The van der Waals surface area contributed by atoms with Crippen LogP contribution in [0.15, 0.2) is 0 Å². The highest BCUT2D eigenvalue weighted by Gasteiger charge is 2.13.